The van der Waals surface area contributed by atoms with E-state index in [4.69, 9.17) is 0 Å². The zero-order chi connectivity index (χ0) is 39.5. The quantitative estimate of drug-likeness (QED) is 0.0860. The Labute approximate surface area is 349 Å². The molecular weight excluding hydrogens is 752 g/mol. The van der Waals surface area contributed by atoms with Crippen molar-refractivity contribution in [3.8, 4) is 0 Å². The molecule has 8 rings (SSSR count). The summed E-state index contributed by atoms with van der Waals surface area (Å²) in [7, 11) is 0. The topological polar surface area (TPSA) is 6.48 Å². The summed E-state index contributed by atoms with van der Waals surface area (Å²) in [6.45, 7) is 4.97. The standard InChI is InChI=1S/2C20H16F2N.2C5H5.Ti/c2*1-15-7-10-18(11-8-15)23(14-16-5-3-2-4-6-16)20-12-9-17(21)13-19(20)22;2*1-2-4-5-3-1;/h2*2-12H,14H2,1H3;2*1-3H,4H2;/q4*-1;+4. The van der Waals surface area contributed by atoms with Gasteiger partial charge in [0.25, 0.3) is 0 Å². The third-order valence-electron chi connectivity index (χ3n) is 8.49. The van der Waals surface area contributed by atoms with Gasteiger partial charge in [0.2, 0.25) is 0 Å². The van der Waals surface area contributed by atoms with Crippen LogP contribution < -0.4 is 9.80 Å². The molecule has 7 heteroatoms. The summed E-state index contributed by atoms with van der Waals surface area (Å²) in [6.07, 6.45) is 20.0. The van der Waals surface area contributed by atoms with Crippen molar-refractivity contribution in [3.63, 3.8) is 0 Å². The molecule has 0 atom stereocenters. The summed E-state index contributed by atoms with van der Waals surface area (Å²) in [5.74, 6) is -2.78. The fourth-order valence-corrected chi connectivity index (χ4v) is 5.58. The summed E-state index contributed by atoms with van der Waals surface area (Å²) in [4.78, 5) is 3.64. The number of halogens is 4. The molecule has 0 unspecified atom stereocenters. The number of benzene rings is 6. The van der Waals surface area contributed by atoms with Crippen LogP contribution in [0, 0.1) is 61.4 Å². The number of nitrogens with zero attached hydrogens (tertiary/aromatic N) is 2. The largest absolute Gasteiger partial charge is 4.00 e. The Morgan fingerprint density at radius 1 is 0.474 bits per heavy atom. The second kappa shape index (κ2) is 23.4. The summed E-state index contributed by atoms with van der Waals surface area (Å²) in [5.41, 5.74) is 6.63. The number of hydrogen-bond donors (Lipinski definition) is 0. The molecule has 6 aromatic carbocycles. The van der Waals surface area contributed by atoms with Crippen LogP contribution >= 0.6 is 0 Å². The van der Waals surface area contributed by atoms with Gasteiger partial charge in [0.05, 0.1) is 0 Å². The van der Waals surface area contributed by atoms with Crippen LogP contribution in [0.1, 0.15) is 35.1 Å². The van der Waals surface area contributed by atoms with Gasteiger partial charge in [-0.25, -0.2) is 41.9 Å². The van der Waals surface area contributed by atoms with E-state index in [1.165, 1.54) is 24.3 Å². The maximum absolute atomic E-state index is 14.2. The minimum absolute atomic E-state index is 0. The van der Waals surface area contributed by atoms with Crippen LogP contribution in [0.4, 0.5) is 40.3 Å². The van der Waals surface area contributed by atoms with E-state index < -0.39 is 23.3 Å². The SMILES string of the molecule is Cc1ccc(N(Cc2ccccc2)c2ccc(F)[c-]c2F)cc1.Cc1ccc(N(Cc2ccccc2)c2ccc(F)[c-]c2F)cc1.[C-]1=CC=CC1.[C-]1=CC=CC1.[Ti+4]. The van der Waals surface area contributed by atoms with Gasteiger partial charge >= 0.3 is 21.7 Å². The van der Waals surface area contributed by atoms with Gasteiger partial charge in [0, 0.05) is 47.7 Å². The van der Waals surface area contributed by atoms with E-state index in [2.05, 4.69) is 36.4 Å². The normalized spacial score (nSPS) is 11.6. The number of rotatable bonds is 8. The zero-order valence-electron chi connectivity index (χ0n) is 31.9. The molecule has 284 valence electrons. The van der Waals surface area contributed by atoms with Crippen molar-refractivity contribution in [2.75, 3.05) is 9.80 Å². The number of aryl methyl sites for hydroxylation is 2. The molecule has 2 aliphatic carbocycles. The number of hydrogen-bond acceptors (Lipinski definition) is 2. The first-order valence-corrected chi connectivity index (χ1v) is 18.2. The third kappa shape index (κ3) is 14.4. The van der Waals surface area contributed by atoms with Crippen molar-refractivity contribution in [2.24, 2.45) is 0 Å². The predicted molar refractivity (Wildman–Crippen MR) is 220 cm³/mol. The van der Waals surface area contributed by atoms with Crippen molar-refractivity contribution in [1.29, 1.82) is 0 Å². The first-order valence-electron chi connectivity index (χ1n) is 18.2. The molecule has 0 saturated heterocycles. The van der Waals surface area contributed by atoms with Crippen LogP contribution in [0.2, 0.25) is 0 Å². The molecule has 0 heterocycles. The molecule has 6 aromatic rings. The molecule has 0 bridgehead atoms. The molecule has 0 N–H and O–H groups in total. The molecular formula is C50H42F4N2Ti. The molecule has 2 aliphatic rings. The first-order chi connectivity index (χ1) is 27.3. The molecule has 0 radical (unpaired) electrons. The summed E-state index contributed by atoms with van der Waals surface area (Å²) >= 11 is 0. The van der Waals surface area contributed by atoms with Crippen LogP contribution in [0.15, 0.2) is 170 Å². The second-order valence-electron chi connectivity index (χ2n) is 12.8. The van der Waals surface area contributed by atoms with Gasteiger partial charge in [-0.1, -0.05) is 96.1 Å². The average molecular weight is 795 g/mol. The minimum Gasteiger partial charge on any atom is -0.388 e. The van der Waals surface area contributed by atoms with Gasteiger partial charge in [0.15, 0.2) is 0 Å². The van der Waals surface area contributed by atoms with Crippen LogP contribution in [-0.2, 0) is 34.8 Å². The van der Waals surface area contributed by atoms with E-state index in [9.17, 15) is 17.6 Å². The van der Waals surface area contributed by atoms with E-state index in [0.717, 1.165) is 46.5 Å². The molecule has 0 fully saturated rings. The Kier molecular flexibility index (Phi) is 18.1. The summed E-state index contributed by atoms with van der Waals surface area (Å²) in [6, 6.07) is 44.7. The smallest absolute Gasteiger partial charge is 0.388 e. The summed E-state index contributed by atoms with van der Waals surface area (Å²) < 4.78 is 54.8. The second-order valence-corrected chi connectivity index (χ2v) is 12.8. The van der Waals surface area contributed by atoms with E-state index >= 15 is 0 Å². The molecule has 0 spiro atoms. The third-order valence-corrected chi connectivity index (χ3v) is 8.49. The number of allylic oxidation sites excluding steroid dienone is 8. The van der Waals surface area contributed by atoms with E-state index in [-0.39, 0.29) is 21.7 Å². The van der Waals surface area contributed by atoms with Crippen LogP contribution in [0.25, 0.3) is 0 Å². The van der Waals surface area contributed by atoms with E-state index in [1.807, 2.05) is 157 Å². The van der Waals surface area contributed by atoms with Gasteiger partial charge in [-0.15, -0.1) is 49.2 Å². The Bertz CT molecular complexity index is 2040. The molecule has 57 heavy (non-hydrogen) atoms. The van der Waals surface area contributed by atoms with Gasteiger partial charge in [-0.3, -0.25) is 12.2 Å². The Balaban J connectivity index is 0.000000200. The molecule has 0 amide bonds. The Morgan fingerprint density at radius 3 is 1.12 bits per heavy atom. The van der Waals surface area contributed by atoms with Crippen LogP contribution in [0.5, 0.6) is 0 Å². The fraction of sp³-hybridized carbons (Fsp3) is 0.120. The van der Waals surface area contributed by atoms with Gasteiger partial charge in [-0.2, -0.15) is 12.2 Å². The maximum atomic E-state index is 14.2. The fourth-order valence-electron chi connectivity index (χ4n) is 5.58. The average Bonchev–Trinajstić information content (AvgIpc) is 4.00. The van der Waals surface area contributed by atoms with Gasteiger partial charge < -0.3 is 9.80 Å². The van der Waals surface area contributed by atoms with E-state index in [1.54, 1.807) is 0 Å². The summed E-state index contributed by atoms with van der Waals surface area (Å²) in [5, 5.41) is 0. The Hall–Kier alpha value is -5.69. The van der Waals surface area contributed by atoms with E-state index in [0.29, 0.717) is 24.5 Å². The monoisotopic (exact) mass is 794 g/mol. The zero-order valence-corrected chi connectivity index (χ0v) is 33.5. The van der Waals surface area contributed by atoms with Crippen LogP contribution in [-0.4, -0.2) is 0 Å². The number of anilines is 4. The van der Waals surface area contributed by atoms with Gasteiger partial charge in [-0.05, 0) is 60.6 Å². The molecule has 0 aliphatic heterocycles. The van der Waals surface area contributed by atoms with Crippen molar-refractivity contribution in [3.05, 3.63) is 240 Å². The van der Waals surface area contributed by atoms with Crippen LogP contribution in [0.3, 0.4) is 0 Å². The van der Waals surface area contributed by atoms with Crippen molar-refractivity contribution >= 4 is 22.7 Å². The maximum Gasteiger partial charge on any atom is 4.00 e. The minimum atomic E-state index is -0.699. The first kappa shape index (κ1) is 44.0. The van der Waals surface area contributed by atoms with Crippen molar-refractivity contribution in [2.45, 2.75) is 39.8 Å². The molecule has 2 nitrogen and oxygen atoms in total. The van der Waals surface area contributed by atoms with Gasteiger partial charge in [0.1, 0.15) is 0 Å². The molecule has 0 saturated carbocycles. The van der Waals surface area contributed by atoms with Crippen molar-refractivity contribution < 1.29 is 39.3 Å². The molecule has 0 aromatic heterocycles. The Morgan fingerprint density at radius 2 is 0.842 bits per heavy atom. The van der Waals surface area contributed by atoms with Crippen molar-refractivity contribution in [1.82, 2.24) is 0 Å². The predicted octanol–water partition coefficient (Wildman–Crippen LogP) is 13.4.